The average Bonchev–Trinajstić information content (AvgIpc) is 2.12. The van der Waals surface area contributed by atoms with Gasteiger partial charge >= 0.3 is 0 Å². The maximum atomic E-state index is 5.82. The molecule has 0 saturated carbocycles. The Morgan fingerprint density at radius 3 is 2.73 bits per heavy atom. The van der Waals surface area contributed by atoms with Gasteiger partial charge in [0, 0.05) is 15.4 Å². The van der Waals surface area contributed by atoms with E-state index in [1.165, 1.54) is 4.90 Å². The molecule has 0 aromatic heterocycles. The largest absolute Gasteiger partial charge is 0.379 e. The molecule has 1 heterocycles. The Labute approximate surface area is 103 Å². The number of hydrogen-bond acceptors (Lipinski definition) is 3. The smallest absolute Gasteiger partial charge is 0.0611 e. The number of halogens is 1. The molecule has 82 valence electrons. The number of rotatable bonds is 3. The van der Waals surface area contributed by atoms with Crippen LogP contribution >= 0.6 is 27.7 Å². The maximum absolute atomic E-state index is 5.82. The molecule has 2 rings (SSSR count). The van der Waals surface area contributed by atoms with Crippen molar-refractivity contribution in [3.8, 4) is 0 Å². The van der Waals surface area contributed by atoms with Gasteiger partial charge < -0.3 is 10.5 Å². The van der Waals surface area contributed by atoms with Crippen LogP contribution in [-0.2, 0) is 4.74 Å². The number of thioether (sulfide) groups is 1. The number of nitrogens with two attached hydrogens (primary N) is 1. The molecular weight excluding hydrogens is 274 g/mol. The Morgan fingerprint density at radius 2 is 2.27 bits per heavy atom. The van der Waals surface area contributed by atoms with Gasteiger partial charge in [0.05, 0.1) is 18.5 Å². The zero-order valence-electron chi connectivity index (χ0n) is 8.57. The minimum Gasteiger partial charge on any atom is -0.379 e. The SMILES string of the molecule is C[C@@H](N)c1ccc(SC2COC2)c(Br)c1. The second-order valence-electron chi connectivity index (χ2n) is 3.76. The first-order valence-electron chi connectivity index (χ1n) is 4.96. The summed E-state index contributed by atoms with van der Waals surface area (Å²) in [5, 5.41) is 0.613. The molecule has 2 nitrogen and oxygen atoms in total. The van der Waals surface area contributed by atoms with Crippen LogP contribution in [0.1, 0.15) is 18.5 Å². The normalized spacial score (nSPS) is 18.6. The van der Waals surface area contributed by atoms with Crippen LogP contribution in [0.25, 0.3) is 0 Å². The van der Waals surface area contributed by atoms with Crippen LogP contribution in [-0.4, -0.2) is 18.5 Å². The molecule has 2 N–H and O–H groups in total. The van der Waals surface area contributed by atoms with Gasteiger partial charge in [-0.05, 0) is 40.5 Å². The Hall–Kier alpha value is -0.0300. The third-order valence-corrected chi connectivity index (χ3v) is 4.52. The molecule has 4 heteroatoms. The minimum absolute atomic E-state index is 0.0902. The van der Waals surface area contributed by atoms with Crippen LogP contribution in [0, 0.1) is 0 Å². The first kappa shape index (κ1) is 11.5. The molecule has 0 amide bonds. The molecule has 1 aromatic carbocycles. The second-order valence-corrected chi connectivity index (χ2v) is 5.95. The molecule has 0 radical (unpaired) electrons. The van der Waals surface area contributed by atoms with E-state index in [2.05, 4.69) is 34.1 Å². The van der Waals surface area contributed by atoms with Crippen LogP contribution < -0.4 is 5.73 Å². The Bertz CT molecular complexity index is 352. The molecule has 0 unspecified atom stereocenters. The fourth-order valence-electron chi connectivity index (χ4n) is 1.36. The van der Waals surface area contributed by atoms with Gasteiger partial charge in [-0.2, -0.15) is 0 Å². The van der Waals surface area contributed by atoms with Crippen molar-refractivity contribution in [1.82, 2.24) is 0 Å². The van der Waals surface area contributed by atoms with E-state index < -0.39 is 0 Å². The van der Waals surface area contributed by atoms with Crippen molar-refractivity contribution in [1.29, 1.82) is 0 Å². The van der Waals surface area contributed by atoms with Crippen molar-refractivity contribution in [3.05, 3.63) is 28.2 Å². The molecule has 0 aliphatic carbocycles. The van der Waals surface area contributed by atoms with E-state index in [1.807, 2.05) is 18.7 Å². The van der Waals surface area contributed by atoms with E-state index in [0.717, 1.165) is 23.2 Å². The fraction of sp³-hybridized carbons (Fsp3) is 0.455. The standard InChI is InChI=1S/C11H14BrNOS/c1-7(13)8-2-3-11(10(12)4-8)15-9-5-14-6-9/h2-4,7,9H,5-6,13H2,1H3/t7-/m1/s1. The van der Waals surface area contributed by atoms with Gasteiger partial charge in [-0.1, -0.05) is 6.07 Å². The van der Waals surface area contributed by atoms with E-state index in [-0.39, 0.29) is 6.04 Å². The Kier molecular flexibility index (Phi) is 3.72. The summed E-state index contributed by atoms with van der Waals surface area (Å²) in [7, 11) is 0. The predicted molar refractivity (Wildman–Crippen MR) is 67.2 cm³/mol. The van der Waals surface area contributed by atoms with Crippen LogP contribution in [0.15, 0.2) is 27.6 Å². The molecule has 0 spiro atoms. The highest BCUT2D eigenvalue weighted by Gasteiger charge is 2.20. The van der Waals surface area contributed by atoms with Gasteiger partial charge in [0.2, 0.25) is 0 Å². The van der Waals surface area contributed by atoms with Crippen LogP contribution in [0.3, 0.4) is 0 Å². The zero-order chi connectivity index (χ0) is 10.8. The van der Waals surface area contributed by atoms with Crippen molar-refractivity contribution < 1.29 is 4.74 Å². The van der Waals surface area contributed by atoms with E-state index >= 15 is 0 Å². The quantitative estimate of drug-likeness (QED) is 0.928. The van der Waals surface area contributed by atoms with E-state index in [0.29, 0.717) is 5.25 Å². The number of ether oxygens (including phenoxy) is 1. The lowest BCUT2D eigenvalue weighted by molar-refractivity contribution is 0.0455. The lowest BCUT2D eigenvalue weighted by atomic mass is 10.1. The van der Waals surface area contributed by atoms with Gasteiger partial charge in [0.1, 0.15) is 0 Å². The van der Waals surface area contributed by atoms with Gasteiger partial charge in [-0.15, -0.1) is 11.8 Å². The molecule has 0 bridgehead atoms. The highest BCUT2D eigenvalue weighted by Crippen LogP contribution is 2.34. The fourth-order valence-corrected chi connectivity index (χ4v) is 3.04. The molecule has 15 heavy (non-hydrogen) atoms. The summed E-state index contributed by atoms with van der Waals surface area (Å²) in [5.41, 5.74) is 6.99. The van der Waals surface area contributed by atoms with Crippen molar-refractivity contribution in [2.45, 2.75) is 23.1 Å². The van der Waals surface area contributed by atoms with Crippen LogP contribution in [0.4, 0.5) is 0 Å². The maximum Gasteiger partial charge on any atom is 0.0611 e. The second kappa shape index (κ2) is 4.87. The molecule has 1 aliphatic rings. The van der Waals surface area contributed by atoms with Crippen LogP contribution in [0.2, 0.25) is 0 Å². The van der Waals surface area contributed by atoms with Crippen LogP contribution in [0.5, 0.6) is 0 Å². The lowest BCUT2D eigenvalue weighted by Crippen LogP contribution is -2.30. The first-order chi connectivity index (χ1) is 7.16. The third kappa shape index (κ3) is 2.75. The van der Waals surface area contributed by atoms with E-state index in [1.54, 1.807) is 0 Å². The molecular formula is C11H14BrNOS. The minimum atomic E-state index is 0.0902. The topological polar surface area (TPSA) is 35.2 Å². The Balaban J connectivity index is 2.11. The summed E-state index contributed by atoms with van der Waals surface area (Å²) in [4.78, 5) is 1.27. The lowest BCUT2D eigenvalue weighted by Gasteiger charge is -2.25. The Morgan fingerprint density at radius 1 is 1.53 bits per heavy atom. The third-order valence-electron chi connectivity index (χ3n) is 2.38. The molecule has 1 aromatic rings. The van der Waals surface area contributed by atoms with Gasteiger partial charge in [0.25, 0.3) is 0 Å². The summed E-state index contributed by atoms with van der Waals surface area (Å²) < 4.78 is 6.29. The molecule has 1 atom stereocenters. The monoisotopic (exact) mass is 287 g/mol. The summed E-state index contributed by atoms with van der Waals surface area (Å²) in [6.07, 6.45) is 0. The summed E-state index contributed by atoms with van der Waals surface area (Å²) in [6.45, 7) is 3.73. The van der Waals surface area contributed by atoms with Gasteiger partial charge in [0.15, 0.2) is 0 Å². The first-order valence-corrected chi connectivity index (χ1v) is 6.63. The van der Waals surface area contributed by atoms with E-state index in [9.17, 15) is 0 Å². The summed E-state index contributed by atoms with van der Waals surface area (Å²) in [6, 6.07) is 6.42. The molecule has 1 saturated heterocycles. The van der Waals surface area contributed by atoms with E-state index in [4.69, 9.17) is 10.5 Å². The number of benzene rings is 1. The van der Waals surface area contributed by atoms with Gasteiger partial charge in [-0.3, -0.25) is 0 Å². The average molecular weight is 288 g/mol. The highest BCUT2D eigenvalue weighted by atomic mass is 79.9. The molecule has 1 aliphatic heterocycles. The highest BCUT2D eigenvalue weighted by molar-refractivity contribution is 9.10. The van der Waals surface area contributed by atoms with Crippen molar-refractivity contribution in [2.24, 2.45) is 5.73 Å². The van der Waals surface area contributed by atoms with Crippen molar-refractivity contribution in [2.75, 3.05) is 13.2 Å². The van der Waals surface area contributed by atoms with Crippen molar-refractivity contribution >= 4 is 27.7 Å². The van der Waals surface area contributed by atoms with Crippen molar-refractivity contribution in [3.63, 3.8) is 0 Å². The number of hydrogen-bond donors (Lipinski definition) is 1. The van der Waals surface area contributed by atoms with Gasteiger partial charge in [-0.25, -0.2) is 0 Å². The summed E-state index contributed by atoms with van der Waals surface area (Å²) in [5.74, 6) is 0. The zero-order valence-corrected chi connectivity index (χ0v) is 11.0. The molecule has 1 fully saturated rings. The predicted octanol–water partition coefficient (Wildman–Crippen LogP) is 2.96. The summed E-state index contributed by atoms with van der Waals surface area (Å²) >= 11 is 5.44.